The van der Waals surface area contributed by atoms with Crippen molar-refractivity contribution in [2.24, 2.45) is 0 Å². The van der Waals surface area contributed by atoms with Gasteiger partial charge < -0.3 is 9.32 Å². The number of benzene rings is 2. The number of pyridine rings is 1. The van der Waals surface area contributed by atoms with Crippen LogP contribution < -0.4 is 0 Å². The van der Waals surface area contributed by atoms with Crippen LogP contribution in [0.15, 0.2) is 71.6 Å². The Labute approximate surface area is 182 Å². The summed E-state index contributed by atoms with van der Waals surface area (Å²) in [6.07, 6.45) is 4.21. The number of aromatic nitrogens is 1. The third kappa shape index (κ3) is 3.75. The van der Waals surface area contributed by atoms with Crippen molar-refractivity contribution in [1.29, 1.82) is 0 Å². The predicted molar refractivity (Wildman–Crippen MR) is 115 cm³/mol. The number of amides is 1. The Hall–Kier alpha value is -3.61. The van der Waals surface area contributed by atoms with E-state index in [0.29, 0.717) is 16.7 Å². The molecule has 1 aliphatic rings. The highest BCUT2D eigenvalue weighted by molar-refractivity contribution is 5.97. The van der Waals surface area contributed by atoms with Gasteiger partial charge in [0, 0.05) is 66.0 Å². The molecule has 5 rings (SSSR count). The number of furan rings is 1. The second-order valence-corrected chi connectivity index (χ2v) is 7.95. The summed E-state index contributed by atoms with van der Waals surface area (Å²) in [6.45, 7) is -0.0817. The molecule has 0 radical (unpaired) electrons. The lowest BCUT2D eigenvalue weighted by atomic mass is 9.96. The van der Waals surface area contributed by atoms with E-state index >= 15 is 4.39 Å². The number of fused-ring (bicyclic) bond motifs is 1. The molecule has 2 aromatic carbocycles. The summed E-state index contributed by atoms with van der Waals surface area (Å²) in [5, 5.41) is 0.815. The van der Waals surface area contributed by atoms with Crippen LogP contribution in [0.25, 0.3) is 33.2 Å². The number of carbonyl (C=O) groups excluding carboxylic acids is 1. The first kappa shape index (κ1) is 20.3. The summed E-state index contributed by atoms with van der Waals surface area (Å²) in [5.41, 5.74) is 3.41. The van der Waals surface area contributed by atoms with Crippen molar-refractivity contribution in [2.45, 2.75) is 18.8 Å². The summed E-state index contributed by atoms with van der Waals surface area (Å²) in [6, 6.07) is 13.4. The molecule has 162 valence electrons. The van der Waals surface area contributed by atoms with E-state index in [0.717, 1.165) is 16.5 Å². The molecule has 4 nitrogen and oxygen atoms in total. The van der Waals surface area contributed by atoms with Crippen molar-refractivity contribution >= 4 is 16.9 Å². The second kappa shape index (κ2) is 7.82. The summed E-state index contributed by atoms with van der Waals surface area (Å²) in [5.74, 6) is -3.74. The summed E-state index contributed by atoms with van der Waals surface area (Å²) < 4.78 is 47.5. The minimum Gasteiger partial charge on any atom is -0.464 e. The minimum absolute atomic E-state index is 0.0408. The van der Waals surface area contributed by atoms with Crippen LogP contribution in [-0.2, 0) is 0 Å². The largest absolute Gasteiger partial charge is 0.464 e. The van der Waals surface area contributed by atoms with Gasteiger partial charge in [0.05, 0.1) is 6.26 Å². The SMILES string of the molecule is O=C(c1ccc(-c2cc(-c3cccnc3)c3occc3c2)c(F)c1)N1CCC(F)(F)CC1. The van der Waals surface area contributed by atoms with Gasteiger partial charge in [0.15, 0.2) is 0 Å². The van der Waals surface area contributed by atoms with Crippen molar-refractivity contribution in [3.8, 4) is 22.3 Å². The van der Waals surface area contributed by atoms with E-state index in [2.05, 4.69) is 4.98 Å². The highest BCUT2D eigenvalue weighted by Crippen LogP contribution is 2.36. The van der Waals surface area contributed by atoms with Crippen LogP contribution in [0.1, 0.15) is 23.2 Å². The maximum Gasteiger partial charge on any atom is 0.253 e. The molecule has 32 heavy (non-hydrogen) atoms. The van der Waals surface area contributed by atoms with Crippen molar-refractivity contribution in [1.82, 2.24) is 9.88 Å². The van der Waals surface area contributed by atoms with Crippen molar-refractivity contribution in [2.75, 3.05) is 13.1 Å². The van der Waals surface area contributed by atoms with Gasteiger partial charge in [0.2, 0.25) is 0 Å². The number of likely N-dealkylation sites (tertiary alicyclic amines) is 1. The van der Waals surface area contributed by atoms with Gasteiger partial charge in [-0.2, -0.15) is 0 Å². The molecule has 1 fully saturated rings. The molecule has 0 atom stereocenters. The monoisotopic (exact) mass is 436 g/mol. The lowest BCUT2D eigenvalue weighted by molar-refractivity contribution is -0.0494. The number of carbonyl (C=O) groups is 1. The highest BCUT2D eigenvalue weighted by Gasteiger charge is 2.35. The fourth-order valence-electron chi connectivity index (χ4n) is 4.08. The molecule has 1 saturated heterocycles. The lowest BCUT2D eigenvalue weighted by Gasteiger charge is -2.31. The first-order chi connectivity index (χ1) is 15.4. The quantitative estimate of drug-likeness (QED) is 0.386. The number of hydrogen-bond acceptors (Lipinski definition) is 3. The van der Waals surface area contributed by atoms with Crippen molar-refractivity contribution < 1.29 is 22.4 Å². The van der Waals surface area contributed by atoms with Crippen molar-refractivity contribution in [3.63, 3.8) is 0 Å². The topological polar surface area (TPSA) is 46.3 Å². The van der Waals surface area contributed by atoms with E-state index in [1.54, 1.807) is 30.8 Å². The summed E-state index contributed by atoms with van der Waals surface area (Å²) in [7, 11) is 0. The smallest absolute Gasteiger partial charge is 0.253 e. The Kier molecular flexibility index (Phi) is 4.96. The van der Waals surface area contributed by atoms with E-state index < -0.39 is 17.6 Å². The first-order valence-electron chi connectivity index (χ1n) is 10.3. The first-order valence-corrected chi connectivity index (χ1v) is 10.3. The number of rotatable bonds is 3. The van der Waals surface area contributed by atoms with Gasteiger partial charge >= 0.3 is 0 Å². The van der Waals surface area contributed by atoms with Crippen LogP contribution in [0.4, 0.5) is 13.2 Å². The van der Waals surface area contributed by atoms with Crippen LogP contribution in [0.5, 0.6) is 0 Å². The Morgan fingerprint density at radius 2 is 1.81 bits per heavy atom. The van der Waals surface area contributed by atoms with Crippen molar-refractivity contribution in [3.05, 3.63) is 78.6 Å². The van der Waals surface area contributed by atoms with Gasteiger partial charge in [-0.25, -0.2) is 13.2 Å². The molecule has 1 amide bonds. The zero-order chi connectivity index (χ0) is 22.3. The van der Waals surface area contributed by atoms with E-state index in [4.69, 9.17) is 4.42 Å². The molecule has 0 aliphatic carbocycles. The van der Waals surface area contributed by atoms with Crippen LogP contribution in [0, 0.1) is 5.82 Å². The fourth-order valence-corrected chi connectivity index (χ4v) is 4.08. The van der Waals surface area contributed by atoms with Gasteiger partial charge in [0.1, 0.15) is 11.4 Å². The molecule has 0 N–H and O–H groups in total. The molecule has 1 aliphatic heterocycles. The maximum absolute atomic E-state index is 15.1. The zero-order valence-electron chi connectivity index (χ0n) is 17.0. The third-order valence-corrected chi connectivity index (χ3v) is 5.83. The molecular weight excluding hydrogens is 417 g/mol. The number of piperidine rings is 1. The predicted octanol–water partition coefficient (Wildman–Crippen LogP) is 6.17. The van der Waals surface area contributed by atoms with Gasteiger partial charge in [-0.05, 0) is 42.0 Å². The standard InChI is InChI=1S/C25H19F3N2O2/c26-22-14-17(24(31)30-9-6-25(27,28)7-10-30)3-4-20(22)19-12-16-5-11-32-23(16)21(13-19)18-2-1-8-29-15-18/h1-5,8,11-15H,6-7,9-10H2. The third-order valence-electron chi connectivity index (χ3n) is 5.83. The van der Waals surface area contributed by atoms with E-state index in [-0.39, 0.29) is 31.5 Å². The lowest BCUT2D eigenvalue weighted by Crippen LogP contribution is -2.42. The van der Waals surface area contributed by atoms with Gasteiger partial charge in [0.25, 0.3) is 11.8 Å². The van der Waals surface area contributed by atoms with E-state index in [1.165, 1.54) is 17.0 Å². The maximum atomic E-state index is 15.1. The van der Waals surface area contributed by atoms with Crippen LogP contribution in [0.3, 0.4) is 0 Å². The Bertz CT molecular complexity index is 1290. The van der Waals surface area contributed by atoms with Gasteiger partial charge in [-0.3, -0.25) is 9.78 Å². The molecule has 0 bridgehead atoms. The van der Waals surface area contributed by atoms with Crippen LogP contribution in [0.2, 0.25) is 0 Å². The molecule has 4 aromatic rings. The second-order valence-electron chi connectivity index (χ2n) is 7.95. The minimum atomic E-state index is -2.75. The number of nitrogens with zero attached hydrogens (tertiary/aromatic N) is 2. The van der Waals surface area contributed by atoms with Crippen LogP contribution in [-0.4, -0.2) is 34.8 Å². The molecule has 7 heteroatoms. The number of hydrogen-bond donors (Lipinski definition) is 0. The summed E-state index contributed by atoms with van der Waals surface area (Å²) in [4.78, 5) is 18.2. The number of alkyl halides is 2. The highest BCUT2D eigenvalue weighted by atomic mass is 19.3. The zero-order valence-corrected chi connectivity index (χ0v) is 17.0. The average molecular weight is 436 g/mol. The molecule has 0 saturated carbocycles. The normalized spacial score (nSPS) is 15.8. The van der Waals surface area contributed by atoms with E-state index in [9.17, 15) is 13.6 Å². The molecule has 0 spiro atoms. The van der Waals surface area contributed by atoms with Gasteiger partial charge in [-0.15, -0.1) is 0 Å². The Morgan fingerprint density at radius 3 is 2.53 bits per heavy atom. The molecule has 2 aromatic heterocycles. The number of halogens is 3. The molecule has 3 heterocycles. The average Bonchev–Trinajstić information content (AvgIpc) is 3.27. The molecular formula is C25H19F3N2O2. The summed E-state index contributed by atoms with van der Waals surface area (Å²) >= 11 is 0. The van der Waals surface area contributed by atoms with E-state index in [1.807, 2.05) is 24.3 Å². The van der Waals surface area contributed by atoms with Crippen LogP contribution >= 0.6 is 0 Å². The Balaban J connectivity index is 1.49. The Morgan fingerprint density at radius 1 is 1.00 bits per heavy atom. The fraction of sp³-hybridized carbons (Fsp3) is 0.200. The molecule has 0 unspecified atom stereocenters. The van der Waals surface area contributed by atoms with Gasteiger partial charge in [-0.1, -0.05) is 12.1 Å².